The number of hydrogen-bond donors (Lipinski definition) is 0. The average molecular weight is 735 g/mol. The fourth-order valence-corrected chi connectivity index (χ4v) is 9.32. The van der Waals surface area contributed by atoms with Crippen molar-refractivity contribution in [3.63, 3.8) is 0 Å². The van der Waals surface area contributed by atoms with Gasteiger partial charge in [0.05, 0.1) is 11.4 Å². The molecule has 0 aliphatic rings. The fourth-order valence-electron chi connectivity index (χ4n) is 9.32. The lowest BCUT2D eigenvalue weighted by molar-refractivity contribution is 1.18. The molecule has 0 aliphatic carbocycles. The Balaban J connectivity index is 1.18. The first-order valence-corrected chi connectivity index (χ1v) is 19.9. The zero-order chi connectivity index (χ0) is 38.2. The second kappa shape index (κ2) is 12.9. The van der Waals surface area contributed by atoms with E-state index in [2.05, 4.69) is 200 Å². The summed E-state index contributed by atoms with van der Waals surface area (Å²) in [6.45, 7) is 0. The third-order valence-electron chi connectivity index (χ3n) is 12.0. The molecule has 0 saturated heterocycles. The predicted octanol–water partition coefficient (Wildman–Crippen LogP) is 15.2. The Bertz CT molecular complexity index is 3530. The summed E-state index contributed by atoms with van der Waals surface area (Å²) >= 11 is 0. The van der Waals surface area contributed by atoms with Crippen LogP contribution in [0.25, 0.3) is 121 Å². The highest BCUT2D eigenvalue weighted by molar-refractivity contribution is 6.37. The first-order valence-electron chi connectivity index (χ1n) is 19.9. The Morgan fingerprint density at radius 1 is 0.241 bits per heavy atom. The van der Waals surface area contributed by atoms with Gasteiger partial charge in [0.1, 0.15) is 0 Å². The Hall–Kier alpha value is -7.68. The van der Waals surface area contributed by atoms with E-state index in [1.54, 1.807) is 0 Å². The highest BCUT2D eigenvalue weighted by atomic mass is 14.9. The summed E-state index contributed by atoms with van der Waals surface area (Å²) in [5, 5.41) is 15.1. The molecular weight excluding hydrogens is 701 g/mol. The van der Waals surface area contributed by atoms with Crippen molar-refractivity contribution in [2.45, 2.75) is 0 Å². The van der Waals surface area contributed by atoms with Crippen LogP contribution in [-0.4, -0.2) is 9.97 Å². The molecule has 0 aliphatic heterocycles. The SMILES string of the molecule is c1ccc(-c2ccc(-c3cc(-c4cc5ccc6cccc7c8cccc9ccc%10cccc(c(c4)c5c67)c%10c98)nc(-c4ccccc4)n3)c(-c3ccccc3)c2)cc1. The van der Waals surface area contributed by atoms with Gasteiger partial charge in [-0.1, -0.05) is 182 Å². The molecule has 12 rings (SSSR count). The Kier molecular flexibility index (Phi) is 7.26. The van der Waals surface area contributed by atoms with Crippen LogP contribution in [0.3, 0.4) is 0 Å². The van der Waals surface area contributed by atoms with Crippen LogP contribution in [0.4, 0.5) is 0 Å². The van der Waals surface area contributed by atoms with Crippen LogP contribution in [-0.2, 0) is 0 Å². The van der Waals surface area contributed by atoms with Gasteiger partial charge in [-0.2, -0.15) is 0 Å². The number of fused-ring (bicyclic) bond motifs is 2. The highest BCUT2D eigenvalue weighted by Crippen LogP contribution is 2.45. The molecule has 0 unspecified atom stereocenters. The maximum absolute atomic E-state index is 5.38. The van der Waals surface area contributed by atoms with Crippen molar-refractivity contribution in [1.29, 1.82) is 0 Å². The van der Waals surface area contributed by atoms with Crippen LogP contribution in [0.15, 0.2) is 206 Å². The highest BCUT2D eigenvalue weighted by Gasteiger charge is 2.19. The molecule has 0 spiro atoms. The molecule has 11 aromatic carbocycles. The quantitative estimate of drug-likeness (QED) is 0.165. The van der Waals surface area contributed by atoms with Crippen molar-refractivity contribution in [3.05, 3.63) is 206 Å². The normalized spacial score (nSPS) is 11.8. The molecule has 0 saturated carbocycles. The van der Waals surface area contributed by atoms with Crippen LogP contribution in [0, 0.1) is 0 Å². The van der Waals surface area contributed by atoms with Gasteiger partial charge in [0, 0.05) is 16.7 Å². The van der Waals surface area contributed by atoms with Crippen molar-refractivity contribution < 1.29 is 0 Å². The van der Waals surface area contributed by atoms with Gasteiger partial charge in [-0.05, 0) is 111 Å². The molecule has 1 heterocycles. The molecule has 12 aromatic rings. The molecule has 58 heavy (non-hydrogen) atoms. The summed E-state index contributed by atoms with van der Waals surface area (Å²) in [6.07, 6.45) is 0. The first kappa shape index (κ1) is 32.6. The largest absolute Gasteiger partial charge is 0.228 e. The second-order valence-corrected chi connectivity index (χ2v) is 15.3. The third kappa shape index (κ3) is 5.12. The van der Waals surface area contributed by atoms with E-state index in [4.69, 9.17) is 9.97 Å². The van der Waals surface area contributed by atoms with Gasteiger partial charge in [0.25, 0.3) is 0 Å². The maximum Gasteiger partial charge on any atom is 0.160 e. The lowest BCUT2D eigenvalue weighted by Crippen LogP contribution is -1.98. The zero-order valence-electron chi connectivity index (χ0n) is 31.5. The smallest absolute Gasteiger partial charge is 0.160 e. The summed E-state index contributed by atoms with van der Waals surface area (Å²) < 4.78 is 0. The summed E-state index contributed by atoms with van der Waals surface area (Å²) in [5.41, 5.74) is 9.48. The van der Waals surface area contributed by atoms with Gasteiger partial charge in [0.15, 0.2) is 5.82 Å². The van der Waals surface area contributed by atoms with Crippen molar-refractivity contribution >= 4 is 64.6 Å². The predicted molar refractivity (Wildman–Crippen MR) is 245 cm³/mol. The third-order valence-corrected chi connectivity index (χ3v) is 12.0. The lowest BCUT2D eigenvalue weighted by atomic mass is 9.87. The van der Waals surface area contributed by atoms with Crippen LogP contribution in [0.5, 0.6) is 0 Å². The second-order valence-electron chi connectivity index (χ2n) is 15.3. The minimum Gasteiger partial charge on any atom is -0.228 e. The zero-order valence-corrected chi connectivity index (χ0v) is 31.5. The summed E-state index contributed by atoms with van der Waals surface area (Å²) in [5.74, 6) is 0.698. The van der Waals surface area contributed by atoms with Gasteiger partial charge in [-0.25, -0.2) is 9.97 Å². The summed E-state index contributed by atoms with van der Waals surface area (Å²) in [6, 6.07) is 74.7. The van der Waals surface area contributed by atoms with Crippen molar-refractivity contribution in [2.24, 2.45) is 0 Å². The van der Waals surface area contributed by atoms with E-state index >= 15 is 0 Å². The van der Waals surface area contributed by atoms with Crippen molar-refractivity contribution in [3.8, 4) is 56.2 Å². The molecular formula is C56H34N2. The van der Waals surface area contributed by atoms with E-state index in [1.807, 2.05) is 6.07 Å². The standard InChI is InChI=1S/C56H34N2/c1-4-13-35(14-5-1)41-29-30-44(48(32-41)36-15-6-2-7-16-36)51-34-50(57-56(58-51)40-17-8-3-9-18-40)43-31-42-28-27-39-20-11-23-46-45-22-10-19-37-25-26-38-21-12-24-47(54(38)52(37)45)49(33-43)55(42)53(39)46/h1-34H. The summed E-state index contributed by atoms with van der Waals surface area (Å²) in [7, 11) is 0. The first-order chi connectivity index (χ1) is 28.7. The van der Waals surface area contributed by atoms with E-state index in [9.17, 15) is 0 Å². The monoisotopic (exact) mass is 734 g/mol. The number of aromatic nitrogens is 2. The Labute approximate surface area is 335 Å². The molecule has 0 bridgehead atoms. The Morgan fingerprint density at radius 2 is 0.741 bits per heavy atom. The van der Waals surface area contributed by atoms with Crippen molar-refractivity contribution in [2.75, 3.05) is 0 Å². The van der Waals surface area contributed by atoms with E-state index < -0.39 is 0 Å². The number of benzene rings is 10. The molecule has 0 amide bonds. The van der Waals surface area contributed by atoms with Gasteiger partial charge in [-0.15, -0.1) is 0 Å². The van der Waals surface area contributed by atoms with Crippen LogP contribution < -0.4 is 0 Å². The van der Waals surface area contributed by atoms with Crippen LogP contribution in [0.1, 0.15) is 0 Å². The molecule has 2 heteroatoms. The molecule has 268 valence electrons. The number of hydrogen-bond acceptors (Lipinski definition) is 2. The van der Waals surface area contributed by atoms with Gasteiger partial charge in [-0.3, -0.25) is 0 Å². The average Bonchev–Trinajstić information content (AvgIpc) is 3.30. The van der Waals surface area contributed by atoms with E-state index in [1.165, 1.54) is 75.8 Å². The summed E-state index contributed by atoms with van der Waals surface area (Å²) in [4.78, 5) is 10.7. The number of rotatable bonds is 5. The van der Waals surface area contributed by atoms with Gasteiger partial charge < -0.3 is 0 Å². The number of nitrogens with zero attached hydrogens (tertiary/aromatic N) is 2. The molecule has 2 nitrogen and oxygen atoms in total. The lowest BCUT2D eigenvalue weighted by Gasteiger charge is -2.17. The van der Waals surface area contributed by atoms with Crippen LogP contribution >= 0.6 is 0 Å². The van der Waals surface area contributed by atoms with E-state index in [0.29, 0.717) is 5.82 Å². The Morgan fingerprint density at radius 3 is 1.34 bits per heavy atom. The molecule has 0 N–H and O–H groups in total. The van der Waals surface area contributed by atoms with Gasteiger partial charge in [0.2, 0.25) is 0 Å². The minimum absolute atomic E-state index is 0.698. The van der Waals surface area contributed by atoms with Gasteiger partial charge >= 0.3 is 0 Å². The van der Waals surface area contributed by atoms with E-state index in [0.717, 1.165) is 39.2 Å². The van der Waals surface area contributed by atoms with E-state index in [-0.39, 0.29) is 0 Å². The minimum atomic E-state index is 0.698. The van der Waals surface area contributed by atoms with Crippen molar-refractivity contribution in [1.82, 2.24) is 9.97 Å². The molecule has 0 atom stereocenters. The molecule has 0 fully saturated rings. The van der Waals surface area contributed by atoms with Crippen LogP contribution in [0.2, 0.25) is 0 Å². The fraction of sp³-hybridized carbons (Fsp3) is 0. The topological polar surface area (TPSA) is 25.8 Å². The molecule has 1 aromatic heterocycles. The maximum atomic E-state index is 5.38. The molecule has 0 radical (unpaired) electrons.